The number of hydrogen-bond donors (Lipinski definition) is 0. The lowest BCUT2D eigenvalue weighted by Gasteiger charge is -2.04. The molecule has 0 unspecified atom stereocenters. The summed E-state index contributed by atoms with van der Waals surface area (Å²) in [6.45, 7) is 0. The average Bonchev–Trinajstić information content (AvgIpc) is 2.27. The second-order valence-electron chi connectivity index (χ2n) is 3.58. The third-order valence-electron chi connectivity index (χ3n) is 2.45. The van der Waals surface area contributed by atoms with Crippen molar-refractivity contribution < 1.29 is 9.53 Å². The minimum atomic E-state index is 0.158. The summed E-state index contributed by atoms with van der Waals surface area (Å²) in [5.74, 6) is 0.852. The molecule has 2 nitrogen and oxygen atoms in total. The zero-order valence-electron chi connectivity index (χ0n) is 8.87. The fourth-order valence-corrected chi connectivity index (χ4v) is 2.11. The first-order chi connectivity index (χ1) is 7.69. The molecule has 0 spiro atoms. The van der Waals surface area contributed by atoms with Crippen molar-refractivity contribution in [3.63, 3.8) is 0 Å². The van der Waals surface area contributed by atoms with E-state index in [4.69, 9.17) is 4.74 Å². The van der Waals surface area contributed by atoms with Gasteiger partial charge in [-0.25, -0.2) is 0 Å². The maximum absolute atomic E-state index is 11.0. The summed E-state index contributed by atoms with van der Waals surface area (Å²) in [7, 11) is 1.66. The Bertz CT molecular complexity index is 534. The summed E-state index contributed by atoms with van der Waals surface area (Å²) >= 11 is 1.82. The quantitative estimate of drug-likeness (QED) is 0.639. The van der Waals surface area contributed by atoms with Crippen molar-refractivity contribution in [3.8, 4) is 5.75 Å². The van der Waals surface area contributed by atoms with Crippen molar-refractivity contribution in [2.24, 2.45) is 0 Å². The van der Waals surface area contributed by atoms with Crippen molar-refractivity contribution >= 4 is 37.2 Å². The molecule has 0 bridgehead atoms. The molecule has 16 heavy (non-hydrogen) atoms. The lowest BCUT2D eigenvalue weighted by Crippen LogP contribution is -1.92. The fraction of sp³-hybridized carbons (Fsp3) is 0.154. The van der Waals surface area contributed by atoms with E-state index in [-0.39, 0.29) is 3.79 Å². The molecule has 3 heteroatoms. The Balaban J connectivity index is 2.43. The van der Waals surface area contributed by atoms with E-state index in [1.807, 2.05) is 59.0 Å². The smallest absolute Gasteiger partial charge is 0.196 e. The van der Waals surface area contributed by atoms with Gasteiger partial charge in [-0.15, -0.1) is 0 Å². The van der Waals surface area contributed by atoms with Gasteiger partial charge in [-0.1, -0.05) is 24.3 Å². The van der Waals surface area contributed by atoms with E-state index in [9.17, 15) is 4.79 Å². The van der Waals surface area contributed by atoms with Gasteiger partial charge in [0.15, 0.2) is 3.79 Å². The van der Waals surface area contributed by atoms with Crippen LogP contribution < -0.4 is 4.74 Å². The highest BCUT2D eigenvalue weighted by molar-refractivity contribution is 14.1. The summed E-state index contributed by atoms with van der Waals surface area (Å²) in [4.78, 5) is 11.0. The van der Waals surface area contributed by atoms with Crippen molar-refractivity contribution in [1.29, 1.82) is 0 Å². The van der Waals surface area contributed by atoms with Crippen LogP contribution in [0.1, 0.15) is 5.56 Å². The summed E-state index contributed by atoms with van der Waals surface area (Å²) < 4.78 is 5.32. The summed E-state index contributed by atoms with van der Waals surface area (Å²) in [5, 5.41) is 2.26. The monoisotopic (exact) mass is 326 g/mol. The number of benzene rings is 2. The highest BCUT2D eigenvalue weighted by Crippen LogP contribution is 2.22. The van der Waals surface area contributed by atoms with Crippen molar-refractivity contribution in [3.05, 3.63) is 42.0 Å². The van der Waals surface area contributed by atoms with Gasteiger partial charge in [0.25, 0.3) is 0 Å². The Morgan fingerprint density at radius 3 is 2.56 bits per heavy atom. The number of halogens is 1. The van der Waals surface area contributed by atoms with Crippen LogP contribution in [0.4, 0.5) is 0 Å². The Hall–Kier alpha value is -1.10. The zero-order valence-corrected chi connectivity index (χ0v) is 11.0. The molecule has 0 heterocycles. The Kier molecular flexibility index (Phi) is 3.43. The summed E-state index contributed by atoms with van der Waals surface area (Å²) in [6, 6.07) is 12.0. The van der Waals surface area contributed by atoms with E-state index in [1.54, 1.807) is 7.11 Å². The molecule has 0 aliphatic heterocycles. The Labute approximate surface area is 108 Å². The van der Waals surface area contributed by atoms with Gasteiger partial charge in [0, 0.05) is 6.42 Å². The normalized spacial score (nSPS) is 10.4. The van der Waals surface area contributed by atoms with Gasteiger partial charge in [-0.05, 0) is 51.1 Å². The SMILES string of the molecule is COc1ccc2cc(CC(=O)I)ccc2c1. The molecule has 0 amide bonds. The predicted octanol–water partition coefficient (Wildman–Crippen LogP) is 3.35. The van der Waals surface area contributed by atoms with Gasteiger partial charge in [-0.3, -0.25) is 4.79 Å². The molecule has 0 fully saturated rings. The van der Waals surface area contributed by atoms with E-state index >= 15 is 0 Å². The molecular weight excluding hydrogens is 315 g/mol. The van der Waals surface area contributed by atoms with Crippen LogP contribution >= 0.6 is 22.6 Å². The van der Waals surface area contributed by atoms with Crippen molar-refractivity contribution in [2.45, 2.75) is 6.42 Å². The molecule has 0 radical (unpaired) electrons. The van der Waals surface area contributed by atoms with Gasteiger partial charge in [-0.2, -0.15) is 0 Å². The number of methoxy groups -OCH3 is 1. The van der Waals surface area contributed by atoms with Gasteiger partial charge >= 0.3 is 0 Å². The first-order valence-electron chi connectivity index (χ1n) is 4.94. The largest absolute Gasteiger partial charge is 0.497 e. The first-order valence-corrected chi connectivity index (χ1v) is 6.02. The minimum absolute atomic E-state index is 0.158. The van der Waals surface area contributed by atoms with Gasteiger partial charge in [0.2, 0.25) is 0 Å². The van der Waals surface area contributed by atoms with Crippen LogP contribution in [0.2, 0.25) is 0 Å². The van der Waals surface area contributed by atoms with Crippen LogP contribution in [-0.2, 0) is 11.2 Å². The Morgan fingerprint density at radius 1 is 1.19 bits per heavy atom. The highest BCUT2D eigenvalue weighted by atomic mass is 127. The van der Waals surface area contributed by atoms with Gasteiger partial charge in [0.05, 0.1) is 7.11 Å². The van der Waals surface area contributed by atoms with Crippen LogP contribution in [0, 0.1) is 0 Å². The molecule has 2 aromatic rings. The number of carbonyl (C=O) groups excluding carboxylic acids is 1. The third kappa shape index (κ3) is 2.52. The highest BCUT2D eigenvalue weighted by Gasteiger charge is 2.01. The van der Waals surface area contributed by atoms with E-state index in [1.165, 1.54) is 0 Å². The number of hydrogen-bond acceptors (Lipinski definition) is 2. The van der Waals surface area contributed by atoms with Crippen LogP contribution in [0.5, 0.6) is 5.75 Å². The molecule has 2 aromatic carbocycles. The molecule has 0 atom stereocenters. The molecule has 0 saturated carbocycles. The summed E-state index contributed by atoms with van der Waals surface area (Å²) in [5.41, 5.74) is 1.05. The molecule has 0 N–H and O–H groups in total. The molecule has 0 aliphatic rings. The third-order valence-corrected chi connectivity index (χ3v) is 2.84. The Morgan fingerprint density at radius 2 is 1.88 bits per heavy atom. The molecule has 0 aliphatic carbocycles. The average molecular weight is 326 g/mol. The van der Waals surface area contributed by atoms with Crippen LogP contribution in [0.3, 0.4) is 0 Å². The van der Waals surface area contributed by atoms with E-state index in [2.05, 4.69) is 0 Å². The lowest BCUT2D eigenvalue weighted by atomic mass is 10.1. The maximum atomic E-state index is 11.0. The first kappa shape index (κ1) is 11.4. The van der Waals surface area contributed by atoms with E-state index in [0.717, 1.165) is 22.1 Å². The molecule has 0 saturated heterocycles. The number of carbonyl (C=O) groups is 1. The number of rotatable bonds is 3. The molecule has 2 rings (SSSR count). The van der Waals surface area contributed by atoms with Gasteiger partial charge < -0.3 is 4.74 Å². The van der Waals surface area contributed by atoms with Gasteiger partial charge in [0.1, 0.15) is 5.75 Å². The van der Waals surface area contributed by atoms with Crippen LogP contribution in [0.25, 0.3) is 10.8 Å². The van der Waals surface area contributed by atoms with Crippen LogP contribution in [0.15, 0.2) is 36.4 Å². The zero-order chi connectivity index (χ0) is 11.5. The van der Waals surface area contributed by atoms with E-state index in [0.29, 0.717) is 6.42 Å². The summed E-state index contributed by atoms with van der Waals surface area (Å²) in [6.07, 6.45) is 0.489. The molecule has 0 aromatic heterocycles. The second kappa shape index (κ2) is 4.82. The topological polar surface area (TPSA) is 26.3 Å². The van der Waals surface area contributed by atoms with E-state index < -0.39 is 0 Å². The minimum Gasteiger partial charge on any atom is -0.497 e. The number of ether oxygens (including phenoxy) is 1. The van der Waals surface area contributed by atoms with Crippen molar-refractivity contribution in [1.82, 2.24) is 0 Å². The molecule has 82 valence electrons. The standard InChI is InChI=1S/C13H11IO2/c1-16-12-5-4-10-6-9(7-13(14)15)2-3-11(10)8-12/h2-6,8H,7H2,1H3. The fourth-order valence-electron chi connectivity index (χ4n) is 1.67. The lowest BCUT2D eigenvalue weighted by molar-refractivity contribution is -0.108. The molecular formula is C13H11IO2. The second-order valence-corrected chi connectivity index (χ2v) is 4.78. The van der Waals surface area contributed by atoms with Crippen molar-refractivity contribution in [2.75, 3.05) is 7.11 Å². The van der Waals surface area contributed by atoms with Crippen LogP contribution in [-0.4, -0.2) is 10.9 Å². The number of fused-ring (bicyclic) bond motifs is 1. The maximum Gasteiger partial charge on any atom is 0.196 e. The predicted molar refractivity (Wildman–Crippen MR) is 73.2 cm³/mol.